The fourth-order valence-corrected chi connectivity index (χ4v) is 3.95. The molecule has 2 N–H and O–H groups in total. The summed E-state index contributed by atoms with van der Waals surface area (Å²) >= 11 is 1.27. The number of methoxy groups -OCH3 is 2. The summed E-state index contributed by atoms with van der Waals surface area (Å²) < 4.78 is 12.0. The number of aromatic nitrogens is 3. The molecule has 0 spiro atoms. The first kappa shape index (κ1) is 22.5. The maximum Gasteiger partial charge on any atom is 0.237 e. The second-order valence-electron chi connectivity index (χ2n) is 7.12. The lowest BCUT2D eigenvalue weighted by Crippen LogP contribution is -2.38. The van der Waals surface area contributed by atoms with Crippen LogP contribution in [-0.2, 0) is 11.2 Å². The third-order valence-electron chi connectivity index (χ3n) is 4.69. The van der Waals surface area contributed by atoms with Gasteiger partial charge >= 0.3 is 0 Å². The van der Waals surface area contributed by atoms with Crippen LogP contribution in [0, 0.1) is 0 Å². The van der Waals surface area contributed by atoms with E-state index in [9.17, 15) is 4.79 Å². The standard InChI is InChI=1S/C22H27N5O3S/c1-15(2)26(17-8-6-5-7-9-17)21(28)14-31-22-25-24-20(27(22)23)13-16-10-11-18(29-3)19(12-16)30-4/h5-12,15H,13-14,23H2,1-4H3. The van der Waals surface area contributed by atoms with Crippen LogP contribution in [0.5, 0.6) is 11.5 Å². The maximum absolute atomic E-state index is 12.9. The van der Waals surface area contributed by atoms with Gasteiger partial charge in [0.15, 0.2) is 17.3 Å². The second-order valence-corrected chi connectivity index (χ2v) is 8.06. The van der Waals surface area contributed by atoms with Crippen LogP contribution in [0.3, 0.4) is 0 Å². The van der Waals surface area contributed by atoms with Crippen molar-refractivity contribution in [1.82, 2.24) is 14.9 Å². The molecule has 164 valence electrons. The molecule has 1 heterocycles. The number of hydrogen-bond acceptors (Lipinski definition) is 7. The Kier molecular flexibility index (Phi) is 7.41. The summed E-state index contributed by atoms with van der Waals surface area (Å²) in [6, 6.07) is 15.3. The molecule has 3 aromatic rings. The van der Waals surface area contributed by atoms with E-state index in [0.29, 0.717) is 28.9 Å². The number of para-hydroxylation sites is 1. The normalized spacial score (nSPS) is 10.9. The molecule has 0 radical (unpaired) electrons. The SMILES string of the molecule is COc1ccc(Cc2nnc(SCC(=O)N(c3ccccc3)C(C)C)n2N)cc1OC. The zero-order valence-electron chi connectivity index (χ0n) is 18.1. The Balaban J connectivity index is 1.68. The summed E-state index contributed by atoms with van der Waals surface area (Å²) in [5, 5.41) is 8.84. The predicted molar refractivity (Wildman–Crippen MR) is 122 cm³/mol. The van der Waals surface area contributed by atoms with Crippen molar-refractivity contribution in [3.05, 3.63) is 59.9 Å². The smallest absolute Gasteiger partial charge is 0.237 e. The van der Waals surface area contributed by atoms with Gasteiger partial charge in [0.2, 0.25) is 11.1 Å². The molecule has 0 aliphatic heterocycles. The molecule has 8 nitrogen and oxygen atoms in total. The van der Waals surface area contributed by atoms with Gasteiger partial charge in [-0.15, -0.1) is 10.2 Å². The van der Waals surface area contributed by atoms with Crippen LogP contribution in [0.25, 0.3) is 0 Å². The van der Waals surface area contributed by atoms with E-state index in [1.54, 1.807) is 19.1 Å². The summed E-state index contributed by atoms with van der Waals surface area (Å²) in [6.45, 7) is 3.98. The molecule has 3 rings (SSSR count). The Morgan fingerprint density at radius 3 is 2.45 bits per heavy atom. The number of hydrogen-bond donors (Lipinski definition) is 1. The van der Waals surface area contributed by atoms with E-state index in [4.69, 9.17) is 15.3 Å². The monoisotopic (exact) mass is 441 g/mol. The van der Waals surface area contributed by atoms with E-state index in [2.05, 4.69) is 10.2 Å². The van der Waals surface area contributed by atoms with Crippen molar-refractivity contribution < 1.29 is 14.3 Å². The van der Waals surface area contributed by atoms with Crippen LogP contribution in [-0.4, -0.2) is 46.8 Å². The molecule has 31 heavy (non-hydrogen) atoms. The fraction of sp³-hybridized carbons (Fsp3) is 0.318. The van der Waals surface area contributed by atoms with Gasteiger partial charge in [-0.2, -0.15) is 0 Å². The molecule has 0 saturated heterocycles. The van der Waals surface area contributed by atoms with E-state index in [1.807, 2.05) is 62.4 Å². The highest BCUT2D eigenvalue weighted by atomic mass is 32.2. The van der Waals surface area contributed by atoms with Crippen molar-refractivity contribution in [3.8, 4) is 11.5 Å². The van der Waals surface area contributed by atoms with Gasteiger partial charge in [-0.25, -0.2) is 4.68 Å². The van der Waals surface area contributed by atoms with Crippen molar-refractivity contribution >= 4 is 23.4 Å². The number of nitrogen functional groups attached to an aromatic ring is 1. The van der Waals surface area contributed by atoms with Gasteiger partial charge < -0.3 is 20.2 Å². The van der Waals surface area contributed by atoms with Crippen molar-refractivity contribution in [1.29, 1.82) is 0 Å². The Bertz CT molecular complexity index is 1020. The Hall–Kier alpha value is -3.20. The summed E-state index contributed by atoms with van der Waals surface area (Å²) in [6.07, 6.45) is 0.473. The molecule has 0 saturated carbocycles. The third kappa shape index (κ3) is 5.29. The van der Waals surface area contributed by atoms with Crippen molar-refractivity contribution in [2.45, 2.75) is 31.5 Å². The molecular weight excluding hydrogens is 414 g/mol. The molecule has 0 atom stereocenters. The number of nitrogens with zero attached hydrogens (tertiary/aromatic N) is 4. The summed E-state index contributed by atoms with van der Waals surface area (Å²) in [7, 11) is 3.19. The van der Waals surface area contributed by atoms with Crippen LogP contribution in [0.4, 0.5) is 5.69 Å². The minimum absolute atomic E-state index is 0.0179. The lowest BCUT2D eigenvalue weighted by atomic mass is 10.1. The minimum atomic E-state index is -0.0179. The van der Waals surface area contributed by atoms with E-state index >= 15 is 0 Å². The van der Waals surface area contributed by atoms with E-state index in [1.165, 1.54) is 16.4 Å². The van der Waals surface area contributed by atoms with Crippen LogP contribution < -0.4 is 20.2 Å². The maximum atomic E-state index is 12.9. The van der Waals surface area contributed by atoms with Crippen molar-refractivity contribution in [2.24, 2.45) is 0 Å². The quantitative estimate of drug-likeness (QED) is 0.403. The highest BCUT2D eigenvalue weighted by Crippen LogP contribution is 2.28. The zero-order chi connectivity index (χ0) is 22.4. The van der Waals surface area contributed by atoms with E-state index in [0.717, 1.165) is 11.3 Å². The number of anilines is 1. The number of ether oxygens (including phenoxy) is 2. The molecule has 0 aliphatic rings. The summed E-state index contributed by atoms with van der Waals surface area (Å²) in [5.41, 5.74) is 1.82. The lowest BCUT2D eigenvalue weighted by Gasteiger charge is -2.26. The average molecular weight is 442 g/mol. The molecule has 9 heteroatoms. The molecule has 1 amide bonds. The molecule has 2 aromatic carbocycles. The van der Waals surface area contributed by atoms with Crippen LogP contribution >= 0.6 is 11.8 Å². The number of carbonyl (C=O) groups is 1. The van der Waals surface area contributed by atoms with Crippen LogP contribution in [0.15, 0.2) is 53.7 Å². The number of rotatable bonds is 9. The fourth-order valence-electron chi connectivity index (χ4n) is 3.21. The largest absolute Gasteiger partial charge is 0.493 e. The van der Waals surface area contributed by atoms with Crippen LogP contribution in [0.1, 0.15) is 25.2 Å². The van der Waals surface area contributed by atoms with E-state index < -0.39 is 0 Å². The van der Waals surface area contributed by atoms with Crippen molar-refractivity contribution in [3.63, 3.8) is 0 Å². The number of benzene rings is 2. The molecule has 0 unspecified atom stereocenters. The number of thioether (sulfide) groups is 1. The van der Waals surface area contributed by atoms with Gasteiger partial charge in [-0.05, 0) is 43.7 Å². The zero-order valence-corrected chi connectivity index (χ0v) is 18.9. The lowest BCUT2D eigenvalue weighted by molar-refractivity contribution is -0.116. The number of amides is 1. The van der Waals surface area contributed by atoms with Gasteiger partial charge in [0.25, 0.3) is 0 Å². The molecule has 0 bridgehead atoms. The van der Waals surface area contributed by atoms with Crippen molar-refractivity contribution in [2.75, 3.05) is 30.7 Å². The Labute approximate surface area is 186 Å². The summed E-state index contributed by atoms with van der Waals surface area (Å²) in [5.74, 6) is 8.27. The average Bonchev–Trinajstić information content (AvgIpc) is 3.12. The first-order chi connectivity index (χ1) is 14.9. The Morgan fingerprint density at radius 2 is 1.81 bits per heavy atom. The molecule has 0 aliphatic carbocycles. The number of carbonyl (C=O) groups excluding carboxylic acids is 1. The van der Waals surface area contributed by atoms with Crippen LogP contribution in [0.2, 0.25) is 0 Å². The Morgan fingerprint density at radius 1 is 1.10 bits per heavy atom. The first-order valence-electron chi connectivity index (χ1n) is 9.84. The third-order valence-corrected chi connectivity index (χ3v) is 5.62. The first-order valence-corrected chi connectivity index (χ1v) is 10.8. The van der Waals surface area contributed by atoms with E-state index in [-0.39, 0.29) is 17.7 Å². The predicted octanol–water partition coefficient (Wildman–Crippen LogP) is 3.13. The van der Waals surface area contributed by atoms with Gasteiger partial charge in [0, 0.05) is 18.2 Å². The second kappa shape index (κ2) is 10.2. The molecular formula is C22H27N5O3S. The highest BCUT2D eigenvalue weighted by Gasteiger charge is 2.21. The topological polar surface area (TPSA) is 95.5 Å². The van der Waals surface area contributed by atoms with Gasteiger partial charge in [-0.1, -0.05) is 36.0 Å². The van der Waals surface area contributed by atoms with Gasteiger partial charge in [-0.3, -0.25) is 4.79 Å². The molecule has 0 fully saturated rings. The minimum Gasteiger partial charge on any atom is -0.493 e. The molecule has 1 aromatic heterocycles. The van der Waals surface area contributed by atoms with Gasteiger partial charge in [0.1, 0.15) is 0 Å². The number of nitrogens with two attached hydrogens (primary N) is 1. The summed E-state index contributed by atoms with van der Waals surface area (Å²) in [4.78, 5) is 14.7. The highest BCUT2D eigenvalue weighted by molar-refractivity contribution is 7.99. The van der Waals surface area contributed by atoms with Gasteiger partial charge in [0.05, 0.1) is 20.0 Å².